The molecule has 0 radical (unpaired) electrons. The summed E-state index contributed by atoms with van der Waals surface area (Å²) in [6.45, 7) is 3.34. The van der Waals surface area contributed by atoms with Crippen LogP contribution in [0.15, 0.2) is 42.5 Å². The van der Waals surface area contributed by atoms with E-state index in [0.717, 1.165) is 6.42 Å². The number of nitrogens with one attached hydrogen (secondary N) is 1. The number of nitrogens with zero attached hydrogens (tertiary/aromatic N) is 1. The summed E-state index contributed by atoms with van der Waals surface area (Å²) in [4.78, 5) is 12.5. The van der Waals surface area contributed by atoms with E-state index in [1.54, 1.807) is 0 Å². The minimum atomic E-state index is -0.822. The van der Waals surface area contributed by atoms with Crippen LogP contribution < -0.4 is 5.32 Å². The molecule has 1 unspecified atom stereocenters. The van der Waals surface area contributed by atoms with Crippen molar-refractivity contribution in [3.8, 4) is 0 Å². The first-order valence-electron chi connectivity index (χ1n) is 7.37. The van der Waals surface area contributed by atoms with E-state index in [0.29, 0.717) is 13.1 Å². The maximum Gasteiger partial charge on any atom is 0.407 e. The Balaban J connectivity index is 1.76. The Labute approximate surface area is 124 Å². The number of fused-ring (bicyclic) bond motifs is 1. The zero-order valence-electron chi connectivity index (χ0n) is 12.1. The van der Waals surface area contributed by atoms with Crippen molar-refractivity contribution in [1.82, 2.24) is 10.2 Å². The fraction of sp³-hybridized carbons (Fsp3) is 0.353. The monoisotopic (exact) mass is 284 g/mol. The van der Waals surface area contributed by atoms with Gasteiger partial charge in [-0.25, -0.2) is 4.79 Å². The van der Waals surface area contributed by atoms with Gasteiger partial charge in [-0.2, -0.15) is 0 Å². The van der Waals surface area contributed by atoms with Crippen molar-refractivity contribution in [1.29, 1.82) is 0 Å². The van der Waals surface area contributed by atoms with Crippen LogP contribution in [0.2, 0.25) is 0 Å². The normalized spacial score (nSPS) is 19.9. The lowest BCUT2D eigenvalue weighted by Gasteiger charge is -2.21. The van der Waals surface area contributed by atoms with Gasteiger partial charge in [-0.3, -0.25) is 0 Å². The minimum absolute atomic E-state index is 0.204. The van der Waals surface area contributed by atoms with E-state index >= 15 is 0 Å². The molecule has 4 nitrogen and oxygen atoms in total. The molecule has 0 saturated carbocycles. The van der Waals surface area contributed by atoms with Gasteiger partial charge in [0, 0.05) is 25.2 Å². The molecule has 2 N–H and O–H groups in total. The first-order chi connectivity index (χ1) is 10.1. The molecule has 2 atom stereocenters. The molecule has 4 heteroatoms. The highest BCUT2D eigenvalue weighted by atomic mass is 16.4. The third-order valence-electron chi connectivity index (χ3n) is 4.23. The number of hydrogen-bond donors (Lipinski definition) is 2. The Bertz CT molecular complexity index is 651. The molecule has 1 amide bonds. The first kappa shape index (κ1) is 13.9. The number of amides is 1. The predicted molar refractivity (Wildman–Crippen MR) is 83.5 cm³/mol. The molecule has 21 heavy (non-hydrogen) atoms. The number of carboxylic acid groups (broad SMARTS) is 1. The number of rotatable bonds is 3. The Hall–Kier alpha value is -2.07. The minimum Gasteiger partial charge on any atom is -0.465 e. The first-order valence-corrected chi connectivity index (χ1v) is 7.37. The molecule has 2 aromatic carbocycles. The second-order valence-electron chi connectivity index (χ2n) is 5.67. The van der Waals surface area contributed by atoms with E-state index in [-0.39, 0.29) is 12.1 Å². The summed E-state index contributed by atoms with van der Waals surface area (Å²) in [6, 6.07) is 15.1. The Morgan fingerprint density at radius 1 is 1.29 bits per heavy atom. The second-order valence-corrected chi connectivity index (χ2v) is 5.67. The molecule has 2 aromatic rings. The van der Waals surface area contributed by atoms with Crippen LogP contribution in [0.4, 0.5) is 4.79 Å². The van der Waals surface area contributed by atoms with E-state index in [4.69, 9.17) is 5.11 Å². The molecule has 3 rings (SSSR count). The van der Waals surface area contributed by atoms with Crippen LogP contribution in [-0.2, 0) is 0 Å². The van der Waals surface area contributed by atoms with Crippen LogP contribution in [0.25, 0.3) is 10.8 Å². The average molecular weight is 284 g/mol. The standard InChI is InChI=1S/C17H20N2O2/c1-12(18-14-9-10-19(11-14)17(20)21)15-8-4-6-13-5-2-3-7-16(13)15/h2-8,12,14,18H,9-11H2,1H3,(H,20,21)/t12?,14-/m0/s1. The number of hydrogen-bond acceptors (Lipinski definition) is 2. The molecule has 1 aliphatic rings. The Morgan fingerprint density at radius 3 is 2.81 bits per heavy atom. The van der Waals surface area contributed by atoms with Crippen LogP contribution in [-0.4, -0.2) is 35.2 Å². The summed E-state index contributed by atoms with van der Waals surface area (Å²) >= 11 is 0. The van der Waals surface area contributed by atoms with Gasteiger partial charge in [0.15, 0.2) is 0 Å². The Kier molecular flexibility index (Phi) is 3.80. The third-order valence-corrected chi connectivity index (χ3v) is 4.23. The molecule has 1 aliphatic heterocycles. The van der Waals surface area contributed by atoms with Crippen molar-refractivity contribution >= 4 is 16.9 Å². The lowest BCUT2D eigenvalue weighted by atomic mass is 9.99. The van der Waals surface area contributed by atoms with Crippen LogP contribution in [0.1, 0.15) is 24.9 Å². The highest BCUT2D eigenvalue weighted by Crippen LogP contribution is 2.25. The van der Waals surface area contributed by atoms with E-state index in [1.165, 1.54) is 21.2 Å². The summed E-state index contributed by atoms with van der Waals surface area (Å²) in [5.74, 6) is 0. The fourth-order valence-corrected chi connectivity index (χ4v) is 3.14. The molecular weight excluding hydrogens is 264 g/mol. The fourth-order valence-electron chi connectivity index (χ4n) is 3.14. The van der Waals surface area contributed by atoms with Crippen molar-refractivity contribution in [3.63, 3.8) is 0 Å². The molecular formula is C17H20N2O2. The maximum atomic E-state index is 11.0. The van der Waals surface area contributed by atoms with Crippen LogP contribution in [0.5, 0.6) is 0 Å². The van der Waals surface area contributed by atoms with E-state index in [1.807, 2.05) is 6.07 Å². The van der Waals surface area contributed by atoms with Gasteiger partial charge in [-0.05, 0) is 29.7 Å². The van der Waals surface area contributed by atoms with Crippen molar-refractivity contribution in [2.24, 2.45) is 0 Å². The molecule has 0 aromatic heterocycles. The van der Waals surface area contributed by atoms with E-state index in [2.05, 4.69) is 48.6 Å². The molecule has 1 fully saturated rings. The van der Waals surface area contributed by atoms with Crippen molar-refractivity contribution in [2.45, 2.75) is 25.4 Å². The van der Waals surface area contributed by atoms with Crippen molar-refractivity contribution in [3.05, 3.63) is 48.0 Å². The van der Waals surface area contributed by atoms with Crippen molar-refractivity contribution in [2.75, 3.05) is 13.1 Å². The molecule has 0 bridgehead atoms. The zero-order valence-corrected chi connectivity index (χ0v) is 12.1. The van der Waals surface area contributed by atoms with Gasteiger partial charge in [-0.1, -0.05) is 42.5 Å². The van der Waals surface area contributed by atoms with Gasteiger partial charge >= 0.3 is 6.09 Å². The topological polar surface area (TPSA) is 52.6 Å². The Morgan fingerprint density at radius 2 is 2.05 bits per heavy atom. The van der Waals surface area contributed by atoms with E-state index < -0.39 is 6.09 Å². The molecule has 0 spiro atoms. The second kappa shape index (κ2) is 5.74. The van der Waals surface area contributed by atoms with Gasteiger partial charge in [0.1, 0.15) is 0 Å². The summed E-state index contributed by atoms with van der Waals surface area (Å²) < 4.78 is 0. The molecule has 0 aliphatic carbocycles. The van der Waals surface area contributed by atoms with Crippen LogP contribution in [0.3, 0.4) is 0 Å². The van der Waals surface area contributed by atoms with Gasteiger partial charge in [0.05, 0.1) is 0 Å². The largest absolute Gasteiger partial charge is 0.465 e. The smallest absolute Gasteiger partial charge is 0.407 e. The third kappa shape index (κ3) is 2.85. The molecule has 1 heterocycles. The molecule has 1 saturated heterocycles. The van der Waals surface area contributed by atoms with Gasteiger partial charge in [-0.15, -0.1) is 0 Å². The summed E-state index contributed by atoms with van der Waals surface area (Å²) in [6.07, 6.45) is 0.0543. The van der Waals surface area contributed by atoms with Gasteiger partial charge in [0.25, 0.3) is 0 Å². The lowest BCUT2D eigenvalue weighted by Crippen LogP contribution is -2.35. The van der Waals surface area contributed by atoms with Gasteiger partial charge in [0.2, 0.25) is 0 Å². The van der Waals surface area contributed by atoms with E-state index in [9.17, 15) is 4.79 Å². The number of carbonyl (C=O) groups is 1. The van der Waals surface area contributed by atoms with Crippen molar-refractivity contribution < 1.29 is 9.90 Å². The lowest BCUT2D eigenvalue weighted by molar-refractivity contribution is 0.154. The number of likely N-dealkylation sites (tertiary alicyclic amines) is 1. The number of benzene rings is 2. The van der Waals surface area contributed by atoms with Crippen LogP contribution >= 0.6 is 0 Å². The molecule has 110 valence electrons. The quantitative estimate of drug-likeness (QED) is 0.909. The predicted octanol–water partition coefficient (Wildman–Crippen LogP) is 3.24. The zero-order chi connectivity index (χ0) is 14.8. The van der Waals surface area contributed by atoms with Gasteiger partial charge < -0.3 is 15.3 Å². The summed E-state index contributed by atoms with van der Waals surface area (Å²) in [5.41, 5.74) is 1.27. The SMILES string of the molecule is CC(N[C@H]1CCN(C(=O)O)C1)c1cccc2ccccc12. The maximum absolute atomic E-state index is 11.0. The average Bonchev–Trinajstić information content (AvgIpc) is 2.95. The summed E-state index contributed by atoms with van der Waals surface area (Å²) in [7, 11) is 0. The van der Waals surface area contributed by atoms with Crippen LogP contribution in [0, 0.1) is 0 Å². The highest BCUT2D eigenvalue weighted by Gasteiger charge is 2.27. The summed E-state index contributed by atoms with van der Waals surface area (Å²) in [5, 5.41) is 15.1. The highest BCUT2D eigenvalue weighted by molar-refractivity contribution is 5.86.